The summed E-state index contributed by atoms with van der Waals surface area (Å²) in [6.45, 7) is 6.28. The molecular formula is C27H30N2O3S. The first-order valence-corrected chi connectivity index (χ1v) is 11.9. The van der Waals surface area contributed by atoms with Crippen LogP contribution in [0.15, 0.2) is 77.7 Å². The summed E-state index contributed by atoms with van der Waals surface area (Å²) in [6, 6.07) is 22.5. The first kappa shape index (κ1) is 24.4. The molecule has 0 radical (unpaired) electrons. The summed E-state index contributed by atoms with van der Waals surface area (Å²) in [5.74, 6) is 0.915. The fourth-order valence-corrected chi connectivity index (χ4v) is 4.27. The summed E-state index contributed by atoms with van der Waals surface area (Å²) in [5.41, 5.74) is 3.26. The van der Waals surface area contributed by atoms with E-state index in [1.807, 2.05) is 55.5 Å². The van der Waals surface area contributed by atoms with E-state index in [1.165, 1.54) is 17.3 Å². The molecule has 0 aliphatic rings. The lowest BCUT2D eigenvalue weighted by Gasteiger charge is -2.16. The molecule has 0 fully saturated rings. The highest BCUT2D eigenvalue weighted by atomic mass is 32.2. The Morgan fingerprint density at radius 3 is 2.21 bits per heavy atom. The smallest absolute Gasteiger partial charge is 0.255 e. The van der Waals surface area contributed by atoms with Gasteiger partial charge in [-0.3, -0.25) is 9.59 Å². The Labute approximate surface area is 199 Å². The van der Waals surface area contributed by atoms with E-state index in [2.05, 4.69) is 24.5 Å². The zero-order valence-corrected chi connectivity index (χ0v) is 20.2. The van der Waals surface area contributed by atoms with Crippen LogP contribution in [0.4, 0.5) is 11.4 Å². The van der Waals surface area contributed by atoms with Gasteiger partial charge in [0.05, 0.1) is 12.4 Å². The van der Waals surface area contributed by atoms with Gasteiger partial charge in [0.1, 0.15) is 5.75 Å². The molecule has 2 N–H and O–H groups in total. The van der Waals surface area contributed by atoms with Crippen LogP contribution in [0.3, 0.4) is 0 Å². The van der Waals surface area contributed by atoms with Gasteiger partial charge in [0, 0.05) is 21.8 Å². The number of methoxy groups -OCH3 is 1. The van der Waals surface area contributed by atoms with Gasteiger partial charge in [0.25, 0.3) is 5.91 Å². The second-order valence-corrected chi connectivity index (χ2v) is 9.27. The normalized spacial score (nSPS) is 11.7. The van der Waals surface area contributed by atoms with Gasteiger partial charge in [0.2, 0.25) is 5.91 Å². The van der Waals surface area contributed by atoms with E-state index >= 15 is 0 Å². The van der Waals surface area contributed by atoms with Crippen LogP contribution in [-0.2, 0) is 4.79 Å². The summed E-state index contributed by atoms with van der Waals surface area (Å²) in [6.07, 6.45) is 0.684. The van der Waals surface area contributed by atoms with Crippen molar-refractivity contribution in [3.63, 3.8) is 0 Å². The summed E-state index contributed by atoms with van der Waals surface area (Å²) in [7, 11) is 1.59. The Kier molecular flexibility index (Phi) is 8.55. The molecule has 3 rings (SSSR count). The minimum Gasteiger partial charge on any atom is -0.497 e. The number of rotatable bonds is 9. The minimum atomic E-state index is -0.248. The third kappa shape index (κ3) is 6.86. The number of carbonyl (C=O) groups excluding carboxylic acids is 2. The van der Waals surface area contributed by atoms with Crippen LogP contribution in [0.5, 0.6) is 5.75 Å². The maximum Gasteiger partial charge on any atom is 0.255 e. The molecule has 6 heteroatoms. The molecule has 3 aromatic rings. The number of nitrogens with one attached hydrogen (secondary N) is 2. The molecule has 33 heavy (non-hydrogen) atoms. The fourth-order valence-electron chi connectivity index (χ4n) is 3.25. The predicted octanol–water partition coefficient (Wildman–Crippen LogP) is 6.58. The number of thioether (sulfide) groups is 1. The molecule has 0 spiro atoms. The SMILES string of the molecule is CCC(Sc1cccc(NC(=O)c2ccc(OC)cc2)c1)C(=O)Nc1ccc(C(C)C)cc1. The Balaban J connectivity index is 1.63. The van der Waals surface area contributed by atoms with E-state index in [4.69, 9.17) is 4.74 Å². The molecule has 0 heterocycles. The number of anilines is 2. The number of amides is 2. The van der Waals surface area contributed by atoms with Gasteiger partial charge in [-0.05, 0) is 72.5 Å². The van der Waals surface area contributed by atoms with E-state index < -0.39 is 0 Å². The van der Waals surface area contributed by atoms with Crippen molar-refractivity contribution >= 4 is 35.0 Å². The molecule has 0 saturated carbocycles. The van der Waals surface area contributed by atoms with E-state index in [9.17, 15) is 9.59 Å². The highest BCUT2D eigenvalue weighted by molar-refractivity contribution is 8.00. The van der Waals surface area contributed by atoms with E-state index in [-0.39, 0.29) is 17.1 Å². The van der Waals surface area contributed by atoms with Crippen LogP contribution >= 0.6 is 11.8 Å². The van der Waals surface area contributed by atoms with E-state index in [1.54, 1.807) is 31.4 Å². The van der Waals surface area contributed by atoms with Gasteiger partial charge >= 0.3 is 0 Å². The Morgan fingerprint density at radius 2 is 1.61 bits per heavy atom. The highest BCUT2D eigenvalue weighted by Gasteiger charge is 2.18. The zero-order chi connectivity index (χ0) is 23.8. The van der Waals surface area contributed by atoms with Crippen molar-refractivity contribution in [3.05, 3.63) is 83.9 Å². The first-order valence-electron chi connectivity index (χ1n) is 11.0. The van der Waals surface area contributed by atoms with Crippen molar-refractivity contribution in [3.8, 4) is 5.75 Å². The maximum atomic E-state index is 12.9. The van der Waals surface area contributed by atoms with E-state index in [0.717, 1.165) is 10.6 Å². The lowest BCUT2D eigenvalue weighted by atomic mass is 10.0. The molecule has 0 aliphatic heterocycles. The summed E-state index contributed by atoms with van der Waals surface area (Å²) >= 11 is 1.49. The summed E-state index contributed by atoms with van der Waals surface area (Å²) < 4.78 is 5.13. The molecule has 0 aromatic heterocycles. The van der Waals surface area contributed by atoms with Crippen molar-refractivity contribution < 1.29 is 14.3 Å². The highest BCUT2D eigenvalue weighted by Crippen LogP contribution is 2.29. The lowest BCUT2D eigenvalue weighted by molar-refractivity contribution is -0.115. The second-order valence-electron chi connectivity index (χ2n) is 7.99. The molecule has 2 amide bonds. The Hall–Kier alpha value is -3.25. The molecule has 0 aliphatic carbocycles. The average Bonchev–Trinajstić information content (AvgIpc) is 2.83. The first-order chi connectivity index (χ1) is 15.9. The third-order valence-corrected chi connectivity index (χ3v) is 6.59. The standard InChI is InChI=1S/C27H30N2O3S/c1-5-25(27(31)28-21-13-9-19(10-14-21)18(2)3)33-24-8-6-7-22(17-24)29-26(30)20-11-15-23(32-4)16-12-20/h6-18,25H,5H2,1-4H3,(H,28,31)(H,29,30). The largest absolute Gasteiger partial charge is 0.497 e. The topological polar surface area (TPSA) is 67.4 Å². The van der Waals surface area contributed by atoms with Gasteiger partial charge in [-0.15, -0.1) is 11.8 Å². The molecule has 5 nitrogen and oxygen atoms in total. The van der Waals surface area contributed by atoms with Crippen LogP contribution in [0, 0.1) is 0 Å². The molecule has 172 valence electrons. The van der Waals surface area contributed by atoms with Crippen molar-refractivity contribution in [2.24, 2.45) is 0 Å². The van der Waals surface area contributed by atoms with Crippen molar-refractivity contribution in [1.82, 2.24) is 0 Å². The predicted molar refractivity (Wildman–Crippen MR) is 136 cm³/mol. The molecule has 1 unspecified atom stereocenters. The van der Waals surface area contributed by atoms with Crippen LogP contribution < -0.4 is 15.4 Å². The summed E-state index contributed by atoms with van der Waals surface area (Å²) in [5, 5.41) is 5.69. The van der Waals surface area contributed by atoms with Gasteiger partial charge in [-0.1, -0.05) is 39.0 Å². The van der Waals surface area contributed by atoms with E-state index in [0.29, 0.717) is 29.3 Å². The average molecular weight is 463 g/mol. The third-order valence-electron chi connectivity index (χ3n) is 5.23. The number of ether oxygens (including phenoxy) is 1. The monoisotopic (exact) mass is 462 g/mol. The lowest BCUT2D eigenvalue weighted by Crippen LogP contribution is -2.24. The molecule has 0 saturated heterocycles. The number of benzene rings is 3. The fraction of sp³-hybridized carbons (Fsp3) is 0.259. The van der Waals surface area contributed by atoms with Gasteiger partial charge in [-0.2, -0.15) is 0 Å². The Bertz CT molecular complexity index is 1080. The molecule has 3 aromatic carbocycles. The summed E-state index contributed by atoms with van der Waals surface area (Å²) in [4.78, 5) is 26.3. The molecule has 1 atom stereocenters. The molecule has 0 bridgehead atoms. The quantitative estimate of drug-likeness (QED) is 0.353. The zero-order valence-electron chi connectivity index (χ0n) is 19.4. The number of hydrogen-bond acceptors (Lipinski definition) is 4. The van der Waals surface area contributed by atoms with Crippen molar-refractivity contribution in [2.45, 2.75) is 43.3 Å². The van der Waals surface area contributed by atoms with Crippen LogP contribution in [-0.4, -0.2) is 24.2 Å². The van der Waals surface area contributed by atoms with Gasteiger partial charge in [0.15, 0.2) is 0 Å². The number of carbonyl (C=O) groups is 2. The molecular weight excluding hydrogens is 432 g/mol. The van der Waals surface area contributed by atoms with Crippen LogP contribution in [0.25, 0.3) is 0 Å². The van der Waals surface area contributed by atoms with Crippen molar-refractivity contribution in [1.29, 1.82) is 0 Å². The Morgan fingerprint density at radius 1 is 0.909 bits per heavy atom. The van der Waals surface area contributed by atoms with Crippen LogP contribution in [0.1, 0.15) is 49.0 Å². The second kappa shape index (κ2) is 11.6. The van der Waals surface area contributed by atoms with Gasteiger partial charge < -0.3 is 15.4 Å². The minimum absolute atomic E-state index is 0.0348. The van der Waals surface area contributed by atoms with Crippen molar-refractivity contribution in [2.75, 3.05) is 17.7 Å². The van der Waals surface area contributed by atoms with Crippen LogP contribution in [0.2, 0.25) is 0 Å². The van der Waals surface area contributed by atoms with Gasteiger partial charge in [-0.25, -0.2) is 0 Å². The maximum absolute atomic E-state index is 12.9. The number of hydrogen-bond donors (Lipinski definition) is 2.